The summed E-state index contributed by atoms with van der Waals surface area (Å²) in [5, 5.41) is 0. The molecule has 0 N–H and O–H groups in total. The van der Waals surface area contributed by atoms with Gasteiger partial charge in [0.2, 0.25) is 11.8 Å². The van der Waals surface area contributed by atoms with E-state index in [-0.39, 0.29) is 46.1 Å². The van der Waals surface area contributed by atoms with Gasteiger partial charge in [-0.15, -0.1) is 0 Å². The molecule has 1 saturated heterocycles. The van der Waals surface area contributed by atoms with Crippen molar-refractivity contribution in [2.45, 2.75) is 11.3 Å². The van der Waals surface area contributed by atoms with Gasteiger partial charge in [-0.05, 0) is 66.8 Å². The lowest BCUT2D eigenvalue weighted by Gasteiger charge is -2.17. The van der Waals surface area contributed by atoms with Gasteiger partial charge >= 0.3 is 10.1 Å². The molecule has 29 heavy (non-hydrogen) atoms. The second-order valence-electron chi connectivity index (χ2n) is 7.50. The Hall–Kier alpha value is -2.45. The number of hydrogen-bond donors (Lipinski definition) is 0. The number of carbonyl (C=O) groups excluding carboxylic acids is 2. The van der Waals surface area contributed by atoms with Gasteiger partial charge in [-0.2, -0.15) is 8.42 Å². The largest absolute Gasteiger partial charge is 0.379 e. The molecular formula is C21H16BrNO5S. The Balaban J connectivity index is 1.36. The van der Waals surface area contributed by atoms with E-state index >= 15 is 0 Å². The highest BCUT2D eigenvalue weighted by molar-refractivity contribution is 9.10. The van der Waals surface area contributed by atoms with Crippen molar-refractivity contribution in [3.05, 3.63) is 65.2 Å². The standard InChI is InChI=1S/C21H16BrNO5S/c22-14-3-9-17(10-4-14)29(26,27)28-16-7-5-15(6-8-16)23-20(24)18-12-1-2-13(11-12)19(18)21(23)25/h1-10,12-13,18-19H,11H2/t12-,13-,18-,19+/m0/s1. The molecule has 2 aromatic rings. The summed E-state index contributed by atoms with van der Waals surface area (Å²) in [4.78, 5) is 27.0. The monoisotopic (exact) mass is 473 g/mol. The molecule has 2 fully saturated rings. The SMILES string of the molecule is O=C1[C@@H]2[C@H](C(=O)N1c1ccc(OS(=O)(=O)c3ccc(Br)cc3)cc1)[C@H]1C=C[C@H]2C1. The van der Waals surface area contributed by atoms with Crippen LogP contribution in [0.4, 0.5) is 5.69 Å². The number of hydrogen-bond acceptors (Lipinski definition) is 5. The molecule has 2 bridgehead atoms. The van der Waals surface area contributed by atoms with Crippen LogP contribution in [0.2, 0.25) is 0 Å². The molecule has 2 aliphatic carbocycles. The molecule has 2 aromatic carbocycles. The first-order chi connectivity index (χ1) is 13.8. The number of amides is 2. The molecule has 0 radical (unpaired) electrons. The van der Waals surface area contributed by atoms with Crippen molar-refractivity contribution >= 4 is 43.5 Å². The number of halogens is 1. The second-order valence-corrected chi connectivity index (χ2v) is 9.96. The van der Waals surface area contributed by atoms with E-state index < -0.39 is 10.1 Å². The van der Waals surface area contributed by atoms with E-state index in [1.54, 1.807) is 24.3 Å². The third kappa shape index (κ3) is 2.93. The number of nitrogens with zero attached hydrogens (tertiary/aromatic N) is 1. The van der Waals surface area contributed by atoms with Gasteiger partial charge in [-0.3, -0.25) is 14.5 Å². The molecule has 0 aromatic heterocycles. The van der Waals surface area contributed by atoms with E-state index in [0.29, 0.717) is 5.69 Å². The van der Waals surface area contributed by atoms with Crippen LogP contribution in [0, 0.1) is 23.7 Å². The van der Waals surface area contributed by atoms with E-state index in [9.17, 15) is 18.0 Å². The van der Waals surface area contributed by atoms with Crippen LogP contribution >= 0.6 is 15.9 Å². The summed E-state index contributed by atoms with van der Waals surface area (Å²) < 4.78 is 30.7. The van der Waals surface area contributed by atoms with Gasteiger partial charge in [0.1, 0.15) is 10.6 Å². The third-order valence-corrected chi connectivity index (χ3v) is 7.66. The van der Waals surface area contributed by atoms with Crippen LogP contribution in [0.15, 0.2) is 70.1 Å². The Bertz CT molecular complexity index is 1110. The number of allylic oxidation sites excluding steroid dienone is 2. The normalized spacial score (nSPS) is 27.6. The quantitative estimate of drug-likeness (QED) is 0.385. The molecular weight excluding hydrogens is 458 g/mol. The molecule has 148 valence electrons. The van der Waals surface area contributed by atoms with Crippen LogP contribution in [0.5, 0.6) is 5.75 Å². The van der Waals surface area contributed by atoms with Gasteiger partial charge < -0.3 is 4.18 Å². The smallest absolute Gasteiger partial charge is 0.339 e. The van der Waals surface area contributed by atoms with Crippen molar-refractivity contribution in [1.29, 1.82) is 0 Å². The number of benzene rings is 2. The fraction of sp³-hybridized carbons (Fsp3) is 0.238. The molecule has 1 aliphatic heterocycles. The van der Waals surface area contributed by atoms with Crippen molar-refractivity contribution < 1.29 is 22.2 Å². The zero-order valence-corrected chi connectivity index (χ0v) is 17.5. The second kappa shape index (κ2) is 6.53. The predicted octanol–water partition coefficient (Wildman–Crippen LogP) is 3.53. The minimum atomic E-state index is -3.98. The minimum absolute atomic E-state index is 0.0328. The highest BCUT2D eigenvalue weighted by atomic mass is 79.9. The van der Waals surface area contributed by atoms with E-state index in [1.807, 2.05) is 12.2 Å². The maximum absolute atomic E-state index is 12.9. The Morgan fingerprint density at radius 2 is 1.41 bits per heavy atom. The van der Waals surface area contributed by atoms with Gasteiger partial charge in [0.25, 0.3) is 0 Å². The molecule has 1 heterocycles. The fourth-order valence-corrected chi connectivity index (χ4v) is 5.78. The van der Waals surface area contributed by atoms with E-state index in [1.165, 1.54) is 29.2 Å². The highest BCUT2D eigenvalue weighted by Gasteiger charge is 2.59. The van der Waals surface area contributed by atoms with Crippen molar-refractivity contribution in [1.82, 2.24) is 0 Å². The lowest BCUT2D eigenvalue weighted by atomic mass is 9.85. The first kappa shape index (κ1) is 18.6. The van der Waals surface area contributed by atoms with Gasteiger partial charge in [0.05, 0.1) is 17.5 Å². The van der Waals surface area contributed by atoms with Gasteiger partial charge in [0.15, 0.2) is 0 Å². The van der Waals surface area contributed by atoms with Crippen molar-refractivity contribution in [3.8, 4) is 5.75 Å². The number of rotatable bonds is 4. The van der Waals surface area contributed by atoms with E-state index in [2.05, 4.69) is 15.9 Å². The zero-order valence-electron chi connectivity index (χ0n) is 15.1. The van der Waals surface area contributed by atoms with Gasteiger partial charge in [0, 0.05) is 4.47 Å². The molecule has 8 heteroatoms. The molecule has 5 rings (SSSR count). The molecule has 4 atom stereocenters. The molecule has 1 saturated carbocycles. The summed E-state index contributed by atoms with van der Waals surface area (Å²) in [5.74, 6) is -0.494. The molecule has 2 amide bonds. The fourth-order valence-electron chi connectivity index (χ4n) is 4.58. The Morgan fingerprint density at radius 3 is 1.97 bits per heavy atom. The van der Waals surface area contributed by atoms with Crippen molar-refractivity contribution in [3.63, 3.8) is 0 Å². The first-order valence-corrected chi connectivity index (χ1v) is 11.4. The first-order valence-electron chi connectivity index (χ1n) is 9.21. The Labute approximate surface area is 176 Å². The number of fused-ring (bicyclic) bond motifs is 5. The van der Waals surface area contributed by atoms with Crippen LogP contribution in [0.1, 0.15) is 6.42 Å². The third-order valence-electron chi connectivity index (χ3n) is 5.87. The Kier molecular flexibility index (Phi) is 4.18. The number of carbonyl (C=O) groups is 2. The molecule has 3 aliphatic rings. The maximum Gasteiger partial charge on any atom is 0.339 e. The molecule has 6 nitrogen and oxygen atoms in total. The van der Waals surface area contributed by atoms with Crippen LogP contribution in [0.3, 0.4) is 0 Å². The summed E-state index contributed by atoms with van der Waals surface area (Å²) in [6, 6.07) is 12.1. The van der Waals surface area contributed by atoms with Crippen LogP contribution < -0.4 is 9.08 Å². The molecule has 0 spiro atoms. The Morgan fingerprint density at radius 1 is 0.862 bits per heavy atom. The lowest BCUT2D eigenvalue weighted by molar-refractivity contribution is -0.123. The number of anilines is 1. The lowest BCUT2D eigenvalue weighted by Crippen LogP contribution is -2.32. The van der Waals surface area contributed by atoms with Gasteiger partial charge in [-0.25, -0.2) is 0 Å². The van der Waals surface area contributed by atoms with Crippen LogP contribution in [-0.4, -0.2) is 20.2 Å². The van der Waals surface area contributed by atoms with Crippen LogP contribution in [0.25, 0.3) is 0 Å². The topological polar surface area (TPSA) is 80.8 Å². The van der Waals surface area contributed by atoms with Crippen LogP contribution in [-0.2, 0) is 19.7 Å². The maximum atomic E-state index is 12.9. The summed E-state index contributed by atoms with van der Waals surface area (Å²) in [6.45, 7) is 0. The predicted molar refractivity (Wildman–Crippen MR) is 109 cm³/mol. The number of imide groups is 1. The van der Waals surface area contributed by atoms with E-state index in [0.717, 1.165) is 10.9 Å². The van der Waals surface area contributed by atoms with E-state index in [4.69, 9.17) is 4.18 Å². The zero-order chi connectivity index (χ0) is 20.3. The average molecular weight is 474 g/mol. The van der Waals surface area contributed by atoms with Gasteiger partial charge in [-0.1, -0.05) is 28.1 Å². The summed E-state index contributed by atoms with van der Waals surface area (Å²) >= 11 is 3.26. The summed E-state index contributed by atoms with van der Waals surface area (Å²) in [5.41, 5.74) is 0.433. The summed E-state index contributed by atoms with van der Waals surface area (Å²) in [6.07, 6.45) is 4.97. The van der Waals surface area contributed by atoms with Crippen molar-refractivity contribution in [2.24, 2.45) is 23.7 Å². The van der Waals surface area contributed by atoms with Crippen molar-refractivity contribution in [2.75, 3.05) is 4.90 Å². The summed E-state index contributed by atoms with van der Waals surface area (Å²) in [7, 11) is -3.98. The highest BCUT2D eigenvalue weighted by Crippen LogP contribution is 2.53. The minimum Gasteiger partial charge on any atom is -0.379 e. The molecule has 0 unspecified atom stereocenters. The average Bonchev–Trinajstić information content (AvgIpc) is 3.37.